The molecule has 0 saturated carbocycles. The number of fused-ring (bicyclic) bond motifs is 1. The van der Waals surface area contributed by atoms with Gasteiger partial charge in [-0.1, -0.05) is 243 Å². The molecule has 2 aromatic carbocycles. The number of benzene rings is 2. The second-order valence-electron chi connectivity index (χ2n) is 20.5. The normalized spacial score (nSPS) is 12.0. The molecule has 1 aliphatic rings. The molecule has 11 heteroatoms. The standard InChI is InChI=1S/C16H18N2O3.C12H26.C11H25N.C10H16N2O.C9H9NO.C6H14.C4H10.C2H6/c1-4-6-13(14(19)17-5-2)18-15(20)11-8-7-10(3)9-12(11)16(18)21;1-4-7-8-11-12(9-5-2)10-6-3;1-5-7-8-11(3)10-12(4)9-6-2;1-4-6-9(3)11-7-10(5-2)12-8-13;1-7-3-4-8(6-10)9(5-7)11-2;1-3-5-6-4-2;1-3-4-2;1-2/h5,7-9,13H,2,4,6H2,1,3H3,(H,17,19);12H,4-11H2,1-3H3;11H,5-10H2,1-4H3;5-8H,4H2,1-3H3,(H,12,13);3-5H,1-2H3;3-6H2,1-2H3;3-4H2,1-2H3;1-2H3/b;;;9-6-,10-5+,11-7-;;;;. The molecule has 4 amide bonds. The summed E-state index contributed by atoms with van der Waals surface area (Å²) in [5, 5.41) is 13.6. The summed E-state index contributed by atoms with van der Waals surface area (Å²) in [4.78, 5) is 54.8. The molecule has 2 unspecified atom stereocenters. The fraction of sp³-hybridized carbons (Fsp3) is 0.657. The number of nitrogens with one attached hydrogen (secondary N) is 2. The van der Waals surface area contributed by atoms with Gasteiger partial charge in [-0.25, -0.2) is 0 Å². The molecule has 11 nitrogen and oxygen atoms in total. The van der Waals surface area contributed by atoms with E-state index in [1.54, 1.807) is 43.7 Å². The first kappa shape index (κ1) is 84.5. The van der Waals surface area contributed by atoms with E-state index in [0.717, 1.165) is 40.0 Å². The number of allylic oxidation sites excluding steroid dienone is 4. The van der Waals surface area contributed by atoms with E-state index >= 15 is 0 Å². The summed E-state index contributed by atoms with van der Waals surface area (Å²) in [6.45, 7) is 44.1. The van der Waals surface area contributed by atoms with Crippen molar-refractivity contribution < 1.29 is 23.9 Å². The Bertz CT molecular complexity index is 1990. The van der Waals surface area contributed by atoms with Crippen molar-refractivity contribution in [1.29, 1.82) is 5.26 Å². The maximum Gasteiger partial charge on any atom is 0.262 e. The summed E-state index contributed by atoms with van der Waals surface area (Å²) in [5.74, 6) is 1.35. The van der Waals surface area contributed by atoms with Crippen LogP contribution in [0, 0.1) is 37.0 Å². The minimum absolute atomic E-state index is 0.359. The highest BCUT2D eigenvalue weighted by molar-refractivity contribution is 6.23. The van der Waals surface area contributed by atoms with E-state index in [4.69, 9.17) is 10.00 Å². The van der Waals surface area contributed by atoms with Crippen LogP contribution in [0.25, 0.3) is 0 Å². The van der Waals surface area contributed by atoms with Gasteiger partial charge in [0.15, 0.2) is 0 Å². The second kappa shape index (κ2) is 60.7. The van der Waals surface area contributed by atoms with Gasteiger partial charge >= 0.3 is 0 Å². The van der Waals surface area contributed by atoms with Gasteiger partial charge in [0.1, 0.15) is 17.9 Å². The molecule has 2 N–H and O–H groups in total. The van der Waals surface area contributed by atoms with E-state index in [1.807, 2.05) is 72.7 Å². The number of methoxy groups -OCH3 is 1. The largest absolute Gasteiger partial charge is 0.495 e. The lowest BCUT2D eigenvalue weighted by Gasteiger charge is -2.24. The number of carbonyl (C=O) groups excluding carboxylic acids is 4. The minimum Gasteiger partial charge on any atom is -0.495 e. The van der Waals surface area contributed by atoms with Crippen molar-refractivity contribution in [3.8, 4) is 11.8 Å². The van der Waals surface area contributed by atoms with Crippen LogP contribution >= 0.6 is 0 Å². The van der Waals surface area contributed by atoms with Crippen LogP contribution in [0.15, 0.2) is 77.7 Å². The van der Waals surface area contributed by atoms with Gasteiger partial charge in [0.25, 0.3) is 11.8 Å². The Morgan fingerprint density at radius 1 is 0.728 bits per heavy atom. The fourth-order valence-corrected chi connectivity index (χ4v) is 8.26. The van der Waals surface area contributed by atoms with Gasteiger partial charge in [-0.2, -0.15) is 5.26 Å². The van der Waals surface area contributed by atoms with Gasteiger partial charge in [-0.3, -0.25) is 29.1 Å². The van der Waals surface area contributed by atoms with Crippen LogP contribution in [-0.2, 0) is 9.59 Å². The zero-order valence-corrected chi connectivity index (χ0v) is 55.9. The van der Waals surface area contributed by atoms with Gasteiger partial charge in [0.05, 0.1) is 35.7 Å². The van der Waals surface area contributed by atoms with Gasteiger partial charge in [-0.15, -0.1) is 0 Å². The Morgan fingerprint density at radius 3 is 1.72 bits per heavy atom. The molecule has 1 heterocycles. The summed E-state index contributed by atoms with van der Waals surface area (Å²) in [6, 6.07) is 11.8. The van der Waals surface area contributed by atoms with E-state index in [2.05, 4.69) is 110 Å². The van der Waals surface area contributed by atoms with Crippen molar-refractivity contribution >= 4 is 30.3 Å². The zero-order valence-electron chi connectivity index (χ0n) is 55.9. The number of nitrogens with zero attached hydrogens (tertiary/aromatic N) is 4. The Balaban J connectivity index is -0.000000288. The third kappa shape index (κ3) is 44.9. The third-order valence-electron chi connectivity index (χ3n) is 12.8. The van der Waals surface area contributed by atoms with Crippen molar-refractivity contribution in [2.75, 3.05) is 27.2 Å². The molecule has 3 rings (SSSR count). The van der Waals surface area contributed by atoms with Crippen LogP contribution in [0.3, 0.4) is 0 Å². The number of carbonyl (C=O) groups is 4. The number of unbranched alkanes of at least 4 members (excludes halogenated alkanes) is 7. The highest BCUT2D eigenvalue weighted by Gasteiger charge is 2.42. The number of ether oxygens (including phenoxy) is 1. The van der Waals surface area contributed by atoms with E-state index in [1.165, 1.54) is 135 Å². The van der Waals surface area contributed by atoms with Crippen LogP contribution in [0.5, 0.6) is 5.75 Å². The molecule has 464 valence electrons. The fourth-order valence-electron chi connectivity index (χ4n) is 8.26. The molecular formula is C70H124N6O5. The topological polar surface area (TPSA) is 144 Å². The van der Waals surface area contributed by atoms with Gasteiger partial charge in [0, 0.05) is 12.2 Å². The summed E-state index contributed by atoms with van der Waals surface area (Å²) < 4.78 is 4.99. The molecule has 0 bridgehead atoms. The lowest BCUT2D eigenvalue weighted by atomic mass is 9.92. The number of imide groups is 1. The Labute approximate surface area is 499 Å². The monoisotopic (exact) mass is 1130 g/mol. The summed E-state index contributed by atoms with van der Waals surface area (Å²) in [5.41, 5.74) is 4.97. The van der Waals surface area contributed by atoms with Crippen molar-refractivity contribution in [3.05, 3.63) is 101 Å². The average molecular weight is 1130 g/mol. The molecule has 1 aliphatic heterocycles. The first-order valence-electron chi connectivity index (χ1n) is 31.6. The number of aryl methyl sites for hydroxylation is 2. The Kier molecular flexibility index (Phi) is 63.3. The first-order valence-corrected chi connectivity index (χ1v) is 31.6. The molecule has 0 aromatic heterocycles. The summed E-state index contributed by atoms with van der Waals surface area (Å²) in [7, 11) is 3.79. The Hall–Kier alpha value is -5.34. The zero-order chi connectivity index (χ0) is 62.8. The van der Waals surface area contributed by atoms with E-state index in [0.29, 0.717) is 47.4 Å². The molecule has 0 aliphatic carbocycles. The number of nitriles is 1. The minimum atomic E-state index is -0.805. The molecule has 0 fully saturated rings. The highest BCUT2D eigenvalue weighted by atomic mass is 16.5. The predicted molar refractivity (Wildman–Crippen MR) is 352 cm³/mol. The van der Waals surface area contributed by atoms with Gasteiger partial charge < -0.3 is 20.3 Å². The lowest BCUT2D eigenvalue weighted by Crippen LogP contribution is -2.48. The number of rotatable bonds is 30. The third-order valence-corrected chi connectivity index (χ3v) is 12.8. The van der Waals surface area contributed by atoms with Crippen LogP contribution in [0.1, 0.15) is 283 Å². The number of hydrogen-bond acceptors (Lipinski definition) is 8. The average Bonchev–Trinajstić information content (AvgIpc) is 3.71. The van der Waals surface area contributed by atoms with Crippen molar-refractivity contribution in [3.63, 3.8) is 0 Å². The molecule has 0 spiro atoms. The van der Waals surface area contributed by atoms with Crippen LogP contribution in [-0.4, -0.2) is 73.4 Å². The van der Waals surface area contributed by atoms with Gasteiger partial charge in [0.2, 0.25) is 12.3 Å². The summed E-state index contributed by atoms with van der Waals surface area (Å²) in [6.07, 6.45) is 34.4. The van der Waals surface area contributed by atoms with Gasteiger partial charge in [-0.05, 0) is 115 Å². The molecule has 81 heavy (non-hydrogen) atoms. The van der Waals surface area contributed by atoms with E-state index in [9.17, 15) is 19.2 Å². The van der Waals surface area contributed by atoms with Crippen LogP contribution < -0.4 is 15.4 Å². The van der Waals surface area contributed by atoms with E-state index < -0.39 is 23.8 Å². The van der Waals surface area contributed by atoms with Crippen LogP contribution in [0.2, 0.25) is 0 Å². The van der Waals surface area contributed by atoms with E-state index in [-0.39, 0.29) is 0 Å². The van der Waals surface area contributed by atoms with Crippen LogP contribution in [0.4, 0.5) is 0 Å². The molecule has 0 radical (unpaired) electrons. The number of amides is 4. The molecule has 2 atom stereocenters. The maximum absolute atomic E-state index is 12.5. The maximum atomic E-state index is 12.5. The predicted octanol–water partition coefficient (Wildman–Crippen LogP) is 19.3. The summed E-state index contributed by atoms with van der Waals surface area (Å²) >= 11 is 0. The lowest BCUT2D eigenvalue weighted by molar-refractivity contribution is -0.124. The molecule has 2 aromatic rings. The number of hydrogen-bond donors (Lipinski definition) is 2. The quantitative estimate of drug-likeness (QED) is 0.0343. The first-order chi connectivity index (χ1) is 38.9. The smallest absolute Gasteiger partial charge is 0.262 e. The molecular weight excluding hydrogens is 1000 g/mol. The van der Waals surface area contributed by atoms with Crippen molar-refractivity contribution in [2.24, 2.45) is 16.8 Å². The molecule has 0 saturated heterocycles. The SMILES string of the molecule is C=CNC(=O)C(CCC)N1C(=O)c2ccc(C)cc2C1=O.CC.CCCC.CCCCC(C)CN(C)CCC.CCCCCC.CCCCCC(CCC)CCC.COc1cc(C)ccc1C#N.C\C=C(/C=N\C(C)=C/CC)NC=O. The van der Waals surface area contributed by atoms with Crippen molar-refractivity contribution in [2.45, 2.75) is 266 Å². The van der Waals surface area contributed by atoms with Crippen molar-refractivity contribution in [1.82, 2.24) is 20.4 Å². The second-order valence-corrected chi connectivity index (χ2v) is 20.5. The highest BCUT2D eigenvalue weighted by Crippen LogP contribution is 2.27. The number of aliphatic imine (C=N–C) groups is 1. The Morgan fingerprint density at radius 2 is 1.26 bits per heavy atom.